The largest absolute Gasteiger partial charge is 0.377 e. The van der Waals surface area contributed by atoms with Crippen molar-refractivity contribution in [1.29, 1.82) is 0 Å². The van der Waals surface area contributed by atoms with Crippen LogP contribution in [0.5, 0.6) is 0 Å². The molecule has 1 atom stereocenters. The summed E-state index contributed by atoms with van der Waals surface area (Å²) in [5.41, 5.74) is 6.22. The second-order valence-corrected chi connectivity index (χ2v) is 3.84. The van der Waals surface area contributed by atoms with E-state index in [1.165, 1.54) is 12.1 Å². The van der Waals surface area contributed by atoms with Gasteiger partial charge in [0.25, 0.3) is 0 Å². The molecule has 0 aliphatic rings. The number of rotatable bonds is 3. The van der Waals surface area contributed by atoms with Gasteiger partial charge in [-0.2, -0.15) is 0 Å². The Labute approximate surface area is 83.9 Å². The molecule has 2 N–H and O–H groups in total. The van der Waals surface area contributed by atoms with E-state index in [0.29, 0.717) is 0 Å². The molecule has 14 heavy (non-hydrogen) atoms. The van der Waals surface area contributed by atoms with E-state index in [1.807, 2.05) is 13.8 Å². The fourth-order valence-corrected chi connectivity index (χ4v) is 1.23. The van der Waals surface area contributed by atoms with Gasteiger partial charge in [0, 0.05) is 7.11 Å². The van der Waals surface area contributed by atoms with Gasteiger partial charge in [-0.25, -0.2) is 4.39 Å². The molecule has 0 aromatic heterocycles. The van der Waals surface area contributed by atoms with Crippen molar-refractivity contribution in [3.05, 3.63) is 35.6 Å². The van der Waals surface area contributed by atoms with Gasteiger partial charge in [-0.05, 0) is 31.5 Å². The molecule has 0 fully saturated rings. The summed E-state index contributed by atoms with van der Waals surface area (Å²) in [4.78, 5) is 0. The number of halogens is 1. The van der Waals surface area contributed by atoms with Gasteiger partial charge in [0.05, 0.1) is 11.6 Å². The van der Waals surface area contributed by atoms with Crippen LogP contribution in [0.25, 0.3) is 0 Å². The number of hydrogen-bond acceptors (Lipinski definition) is 2. The van der Waals surface area contributed by atoms with Crippen LogP contribution in [0.1, 0.15) is 25.5 Å². The molecular weight excluding hydrogens is 181 g/mol. The number of ether oxygens (including phenoxy) is 1. The van der Waals surface area contributed by atoms with E-state index in [0.717, 1.165) is 5.56 Å². The maximum atomic E-state index is 12.9. The quantitative estimate of drug-likeness (QED) is 0.806. The summed E-state index contributed by atoms with van der Waals surface area (Å²) in [7, 11) is 1.60. The number of benzene rings is 1. The molecule has 0 aliphatic heterocycles. The van der Waals surface area contributed by atoms with Crippen LogP contribution >= 0.6 is 0 Å². The van der Waals surface area contributed by atoms with Gasteiger partial charge >= 0.3 is 0 Å². The number of hydrogen-bond donors (Lipinski definition) is 1. The van der Waals surface area contributed by atoms with Gasteiger partial charge in [-0.1, -0.05) is 12.1 Å². The Morgan fingerprint density at radius 3 is 2.57 bits per heavy atom. The third-order valence-electron chi connectivity index (χ3n) is 2.48. The third-order valence-corrected chi connectivity index (χ3v) is 2.48. The molecule has 1 aromatic carbocycles. The number of methoxy groups -OCH3 is 1. The minimum Gasteiger partial charge on any atom is -0.377 e. The van der Waals surface area contributed by atoms with Crippen LogP contribution in [0.3, 0.4) is 0 Å². The Bertz CT molecular complexity index is 312. The van der Waals surface area contributed by atoms with Crippen LogP contribution in [0.4, 0.5) is 4.39 Å². The molecule has 78 valence electrons. The summed E-state index contributed by atoms with van der Waals surface area (Å²) in [5, 5.41) is 0. The zero-order valence-electron chi connectivity index (χ0n) is 8.75. The van der Waals surface area contributed by atoms with E-state index in [-0.39, 0.29) is 11.9 Å². The zero-order valence-corrected chi connectivity index (χ0v) is 8.75. The SMILES string of the molecule is COC(C)(C)C(N)c1cccc(F)c1. The average Bonchev–Trinajstić information content (AvgIpc) is 2.16. The molecule has 1 rings (SSSR count). The van der Waals surface area contributed by atoms with Gasteiger partial charge in [0.2, 0.25) is 0 Å². The van der Waals surface area contributed by atoms with Gasteiger partial charge in [-0.3, -0.25) is 0 Å². The molecule has 0 saturated carbocycles. The predicted octanol–water partition coefficient (Wildman–Crippen LogP) is 2.25. The van der Waals surface area contributed by atoms with Crippen molar-refractivity contribution in [2.45, 2.75) is 25.5 Å². The van der Waals surface area contributed by atoms with Gasteiger partial charge < -0.3 is 10.5 Å². The molecule has 3 heteroatoms. The maximum Gasteiger partial charge on any atom is 0.123 e. The summed E-state index contributed by atoms with van der Waals surface area (Å²) < 4.78 is 18.2. The van der Waals surface area contributed by atoms with Crippen molar-refractivity contribution >= 4 is 0 Å². The van der Waals surface area contributed by atoms with Crippen molar-refractivity contribution < 1.29 is 9.13 Å². The first kappa shape index (κ1) is 11.1. The lowest BCUT2D eigenvalue weighted by atomic mass is 9.92. The Balaban J connectivity index is 2.94. The first-order valence-corrected chi connectivity index (χ1v) is 4.53. The number of nitrogens with two attached hydrogens (primary N) is 1. The fourth-order valence-electron chi connectivity index (χ4n) is 1.23. The highest BCUT2D eigenvalue weighted by atomic mass is 19.1. The third kappa shape index (κ3) is 2.30. The Hall–Kier alpha value is -0.930. The van der Waals surface area contributed by atoms with E-state index in [2.05, 4.69) is 0 Å². The average molecular weight is 197 g/mol. The molecule has 2 nitrogen and oxygen atoms in total. The van der Waals surface area contributed by atoms with E-state index < -0.39 is 5.60 Å². The first-order valence-electron chi connectivity index (χ1n) is 4.53. The van der Waals surface area contributed by atoms with Crippen molar-refractivity contribution in [1.82, 2.24) is 0 Å². The minimum atomic E-state index is -0.492. The molecule has 0 amide bonds. The molecule has 1 aromatic rings. The van der Waals surface area contributed by atoms with Crippen LogP contribution < -0.4 is 5.73 Å². The highest BCUT2D eigenvalue weighted by molar-refractivity contribution is 5.22. The second-order valence-electron chi connectivity index (χ2n) is 3.84. The molecule has 1 unspecified atom stereocenters. The Morgan fingerprint density at radius 2 is 2.07 bits per heavy atom. The van der Waals surface area contributed by atoms with E-state index in [4.69, 9.17) is 10.5 Å². The molecule has 0 radical (unpaired) electrons. The summed E-state index contributed by atoms with van der Waals surface area (Å²) in [6.07, 6.45) is 0. The smallest absolute Gasteiger partial charge is 0.123 e. The molecular formula is C11H16FNO. The van der Waals surface area contributed by atoms with Crippen molar-refractivity contribution in [3.63, 3.8) is 0 Å². The first-order chi connectivity index (χ1) is 6.47. The van der Waals surface area contributed by atoms with Crippen LogP contribution in [-0.4, -0.2) is 12.7 Å². The summed E-state index contributed by atoms with van der Waals surface area (Å²) in [6, 6.07) is 5.95. The Morgan fingerprint density at radius 1 is 1.43 bits per heavy atom. The summed E-state index contributed by atoms with van der Waals surface area (Å²) >= 11 is 0. The lowest BCUT2D eigenvalue weighted by Crippen LogP contribution is -2.37. The highest BCUT2D eigenvalue weighted by Crippen LogP contribution is 2.25. The van der Waals surface area contributed by atoms with Gasteiger partial charge in [0.1, 0.15) is 5.82 Å². The van der Waals surface area contributed by atoms with Crippen molar-refractivity contribution in [2.24, 2.45) is 5.73 Å². The topological polar surface area (TPSA) is 35.2 Å². The van der Waals surface area contributed by atoms with Crippen LogP contribution in [0.15, 0.2) is 24.3 Å². The summed E-state index contributed by atoms with van der Waals surface area (Å²) in [6.45, 7) is 3.76. The molecule has 0 aliphatic carbocycles. The van der Waals surface area contributed by atoms with Gasteiger partial charge in [0.15, 0.2) is 0 Å². The predicted molar refractivity (Wildman–Crippen MR) is 54.4 cm³/mol. The molecule has 0 bridgehead atoms. The van der Waals surface area contributed by atoms with E-state index >= 15 is 0 Å². The highest BCUT2D eigenvalue weighted by Gasteiger charge is 2.27. The van der Waals surface area contributed by atoms with E-state index in [1.54, 1.807) is 19.2 Å². The maximum absolute atomic E-state index is 12.9. The standard InChI is InChI=1S/C11H16FNO/c1-11(2,14-3)10(13)8-5-4-6-9(12)7-8/h4-7,10H,13H2,1-3H3. The zero-order chi connectivity index (χ0) is 10.8. The van der Waals surface area contributed by atoms with Crippen molar-refractivity contribution in [2.75, 3.05) is 7.11 Å². The normalized spacial score (nSPS) is 14.1. The van der Waals surface area contributed by atoms with Crippen LogP contribution in [0, 0.1) is 5.82 Å². The fraction of sp³-hybridized carbons (Fsp3) is 0.455. The van der Waals surface area contributed by atoms with Gasteiger partial charge in [-0.15, -0.1) is 0 Å². The molecule has 0 saturated heterocycles. The van der Waals surface area contributed by atoms with Crippen LogP contribution in [0.2, 0.25) is 0 Å². The summed E-state index contributed by atoms with van der Waals surface area (Å²) in [5.74, 6) is -0.273. The second kappa shape index (κ2) is 4.07. The van der Waals surface area contributed by atoms with Crippen molar-refractivity contribution in [3.8, 4) is 0 Å². The minimum absolute atomic E-state index is 0.273. The van der Waals surface area contributed by atoms with E-state index in [9.17, 15) is 4.39 Å². The lowest BCUT2D eigenvalue weighted by molar-refractivity contribution is -0.0000874. The molecule has 0 heterocycles. The Kier molecular flexibility index (Phi) is 3.24. The van der Waals surface area contributed by atoms with Crippen LogP contribution in [-0.2, 0) is 4.74 Å². The lowest BCUT2D eigenvalue weighted by Gasteiger charge is -2.30. The molecule has 0 spiro atoms. The monoisotopic (exact) mass is 197 g/mol.